The molecule has 0 spiro atoms. The zero-order valence-corrected chi connectivity index (χ0v) is 9.32. The maximum Gasteiger partial charge on any atom is 0.394 e. The Morgan fingerprint density at radius 3 is 0.714 bits per heavy atom. The molecule has 0 aliphatic heterocycles. The van der Waals surface area contributed by atoms with Crippen molar-refractivity contribution in [2.75, 3.05) is 0 Å². The molecule has 0 unspecified atom stereocenters. The van der Waals surface area contributed by atoms with Gasteiger partial charge in [0, 0.05) is 33.3 Å². The van der Waals surface area contributed by atoms with Gasteiger partial charge < -0.3 is 39.0 Å². The van der Waals surface area contributed by atoms with E-state index in [0.29, 0.717) is 0 Å². The summed E-state index contributed by atoms with van der Waals surface area (Å²) in [7, 11) is -4.67. The number of hydrogen-bond acceptors (Lipinski definition) is 3. The quantitative estimate of drug-likeness (QED) is 0.286. The third-order valence-corrected chi connectivity index (χ3v) is 0. The van der Waals surface area contributed by atoms with Crippen LogP contribution in [-0.2, 0) is 43.7 Å². The molecule has 107 valence electrons. The maximum atomic E-state index is 8.74. The summed E-state index contributed by atoms with van der Waals surface area (Å²) in [5.41, 5.74) is 0. The Balaban J connectivity index is -0.00000000222. The largest absolute Gasteiger partial charge is 0.412 e. The van der Waals surface area contributed by atoms with Gasteiger partial charge in [0.05, 0.1) is 0 Å². The van der Waals surface area contributed by atoms with Crippen molar-refractivity contribution in [3.63, 3.8) is 0 Å². The van der Waals surface area contributed by atoms with Crippen LogP contribution in [0, 0.1) is 0 Å². The van der Waals surface area contributed by atoms with E-state index in [4.69, 9.17) is 17.5 Å². The second kappa shape index (κ2) is 49.6. The van der Waals surface area contributed by atoms with Crippen LogP contribution in [0.5, 0.6) is 0 Å². The van der Waals surface area contributed by atoms with Crippen LogP contribution in [0.25, 0.3) is 0 Å². The molecule has 0 amide bonds. The Morgan fingerprint density at radius 2 is 0.714 bits per heavy atom. The van der Waals surface area contributed by atoms with Crippen molar-refractivity contribution in [1.82, 2.24) is 6.15 Å². The van der Waals surface area contributed by atoms with E-state index in [1.54, 1.807) is 0 Å². The molecule has 0 fully saturated rings. The first-order valence-corrected chi connectivity index (χ1v) is 2.10. The molecule has 1 radical (unpaired) electrons. The van der Waals surface area contributed by atoms with E-state index in [2.05, 4.69) is 0 Å². The summed E-state index contributed by atoms with van der Waals surface area (Å²) in [6, 6.07) is 0. The first-order chi connectivity index (χ1) is 2.00. The molecule has 0 saturated carbocycles. The molecule has 0 saturated heterocycles. The average Bonchev–Trinajstić information content (AvgIpc) is 0.722. The summed E-state index contributed by atoms with van der Waals surface area (Å²) < 4.78 is 31.6. The third-order valence-electron chi connectivity index (χ3n) is 0. The van der Waals surface area contributed by atoms with E-state index < -0.39 is 10.4 Å². The van der Waals surface area contributed by atoms with Crippen molar-refractivity contribution in [2.45, 2.75) is 0 Å². The molecule has 0 aliphatic rings. The zero-order chi connectivity index (χ0) is 4.50. The van der Waals surface area contributed by atoms with Crippen LogP contribution in [0.4, 0.5) is 0 Å². The topological polar surface area (TPSA) is 299 Å². The van der Waals surface area contributed by atoms with E-state index in [1.165, 1.54) is 0 Å². The third kappa shape index (κ3) is 4860. The van der Waals surface area contributed by atoms with Gasteiger partial charge in [-0.05, 0) is 0 Å². The van der Waals surface area contributed by atoms with Crippen molar-refractivity contribution >= 4 is 10.4 Å². The Bertz CT molecular complexity index is 103. The zero-order valence-electron chi connectivity index (χ0n) is 6.48. The minimum absolute atomic E-state index is 0. The van der Waals surface area contributed by atoms with Gasteiger partial charge in [0.2, 0.25) is 0 Å². The van der Waals surface area contributed by atoms with Crippen LogP contribution in [0.15, 0.2) is 0 Å². The fraction of sp³-hybridized carbons (Fsp3) is 0. The van der Waals surface area contributed by atoms with Gasteiger partial charge in [-0.2, -0.15) is 8.42 Å². The van der Waals surface area contributed by atoms with Gasteiger partial charge >= 0.3 is 10.4 Å². The molecule has 0 aromatic rings. The molecule has 0 rings (SSSR count). The van der Waals surface area contributed by atoms with Gasteiger partial charge in [0.25, 0.3) is 0 Å². The first kappa shape index (κ1) is 128. The predicted octanol–water partition coefficient (Wildman–Crippen LogP) is -5.44. The molecule has 0 aromatic carbocycles. The summed E-state index contributed by atoms with van der Waals surface area (Å²) in [4.78, 5) is 0. The Hall–Kier alpha value is 0.590. The van der Waals surface area contributed by atoms with Crippen molar-refractivity contribution in [3.05, 3.63) is 0 Å². The fourth-order valence-electron chi connectivity index (χ4n) is 0. The monoisotopic (exact) mass is 340 g/mol. The normalized spacial score (nSPS) is 4.14. The van der Waals surface area contributed by atoms with E-state index in [9.17, 15) is 0 Å². The molecule has 0 heterocycles. The molecule has 14 heavy (non-hydrogen) atoms. The standard InChI is InChI=1S/Co.H3N.Ni.H2O4S.6H2O/c;;;1-5(2,3)4;;;;;;/h;1H3;;(H2,1,2,3,4);6*1H2. The predicted molar refractivity (Wildman–Crippen MR) is 40.9 cm³/mol. The Kier molecular flexibility index (Phi) is 453. The smallest absolute Gasteiger partial charge is 0.394 e. The van der Waals surface area contributed by atoms with Crippen molar-refractivity contribution in [3.8, 4) is 0 Å². The molecule has 14 heteroatoms. The van der Waals surface area contributed by atoms with Gasteiger partial charge in [-0.1, -0.05) is 0 Å². The molecule has 0 bridgehead atoms. The second-order valence-electron chi connectivity index (χ2n) is 0.448. The average molecular weight is 341 g/mol. The van der Waals surface area contributed by atoms with Gasteiger partial charge in [-0.3, -0.25) is 9.11 Å². The van der Waals surface area contributed by atoms with Crippen LogP contribution in [0.2, 0.25) is 0 Å². The van der Waals surface area contributed by atoms with Crippen LogP contribution in [0.1, 0.15) is 0 Å². The summed E-state index contributed by atoms with van der Waals surface area (Å²) in [6.45, 7) is 0. The molecule has 0 atom stereocenters. The van der Waals surface area contributed by atoms with Crippen molar-refractivity contribution in [2.24, 2.45) is 0 Å². The number of hydrogen-bond donors (Lipinski definition) is 3. The van der Waals surface area contributed by atoms with Crippen LogP contribution >= 0.6 is 0 Å². The van der Waals surface area contributed by atoms with Crippen LogP contribution in [-0.4, -0.2) is 50.4 Å². The van der Waals surface area contributed by atoms with Gasteiger partial charge in [0.15, 0.2) is 0 Å². The van der Waals surface area contributed by atoms with E-state index in [1.807, 2.05) is 0 Å². The number of rotatable bonds is 0. The van der Waals surface area contributed by atoms with E-state index >= 15 is 0 Å². The summed E-state index contributed by atoms with van der Waals surface area (Å²) in [6.07, 6.45) is 0. The van der Waals surface area contributed by atoms with Gasteiger partial charge in [0.1, 0.15) is 0 Å². The maximum absolute atomic E-state index is 8.74. The minimum atomic E-state index is -4.67. The molecule has 11 nitrogen and oxygen atoms in total. The summed E-state index contributed by atoms with van der Waals surface area (Å²) >= 11 is 0. The second-order valence-corrected chi connectivity index (χ2v) is 1.34. The van der Waals surface area contributed by atoms with E-state index in [-0.39, 0.29) is 72.3 Å². The summed E-state index contributed by atoms with van der Waals surface area (Å²) in [5.74, 6) is 0. The van der Waals surface area contributed by atoms with Gasteiger partial charge in [-0.15, -0.1) is 0 Å². The molecule has 0 aliphatic carbocycles. The Morgan fingerprint density at radius 1 is 0.714 bits per heavy atom. The molecular weight excluding hydrogens is 324 g/mol. The Labute approximate surface area is 100 Å². The molecular formula is H17CoNNiO10S. The molecule has 17 N–H and O–H groups in total. The van der Waals surface area contributed by atoms with Crippen molar-refractivity contribution < 1.29 is 83.7 Å². The first-order valence-electron chi connectivity index (χ1n) is 0.698. The van der Waals surface area contributed by atoms with Crippen LogP contribution < -0.4 is 6.15 Å². The molecule has 0 aromatic heterocycles. The van der Waals surface area contributed by atoms with Crippen molar-refractivity contribution in [1.29, 1.82) is 0 Å². The van der Waals surface area contributed by atoms with Gasteiger partial charge in [-0.25, -0.2) is 0 Å². The van der Waals surface area contributed by atoms with Crippen LogP contribution in [0.3, 0.4) is 0 Å². The summed E-state index contributed by atoms with van der Waals surface area (Å²) in [5, 5.41) is 0. The minimum Gasteiger partial charge on any atom is -0.412 e. The fourth-order valence-corrected chi connectivity index (χ4v) is 0. The van der Waals surface area contributed by atoms with E-state index in [0.717, 1.165) is 0 Å². The SMILES string of the molecule is N.O.O.O.O.O.O.O=S(=O)(O)O.[Co].[Ni].